The first-order valence-corrected chi connectivity index (χ1v) is 8.21. The maximum absolute atomic E-state index is 12.5. The number of hydrogen-bond donors (Lipinski definition) is 1. The standard InChI is InChI=1S/C19H24N2O/c1-15-8-2-5-11-17(15)18(21-12-6-7-13-21)14-19(22)20-16-9-3-4-10-16/h2,5-8,11-13,16,18H,3-4,9-10,14H2,1H3,(H,20,22). The van der Waals surface area contributed by atoms with E-state index >= 15 is 0 Å². The highest BCUT2D eigenvalue weighted by molar-refractivity contribution is 5.77. The average molecular weight is 296 g/mol. The van der Waals surface area contributed by atoms with E-state index in [1.54, 1.807) is 0 Å². The fraction of sp³-hybridized carbons (Fsp3) is 0.421. The SMILES string of the molecule is Cc1ccccc1C(CC(=O)NC1CCCC1)n1cccc1. The third-order valence-corrected chi connectivity index (χ3v) is 4.63. The topological polar surface area (TPSA) is 34.0 Å². The Bertz CT molecular complexity index is 612. The second-order valence-electron chi connectivity index (χ2n) is 6.26. The molecule has 1 aromatic heterocycles. The molecule has 0 aliphatic heterocycles. The summed E-state index contributed by atoms with van der Waals surface area (Å²) in [4.78, 5) is 12.5. The Hall–Kier alpha value is -2.03. The molecule has 3 nitrogen and oxygen atoms in total. The van der Waals surface area contributed by atoms with E-state index in [9.17, 15) is 4.79 Å². The van der Waals surface area contributed by atoms with Gasteiger partial charge in [-0.3, -0.25) is 4.79 Å². The van der Waals surface area contributed by atoms with Gasteiger partial charge < -0.3 is 9.88 Å². The zero-order valence-corrected chi connectivity index (χ0v) is 13.2. The lowest BCUT2D eigenvalue weighted by Crippen LogP contribution is -2.34. The molecular weight excluding hydrogens is 272 g/mol. The van der Waals surface area contributed by atoms with Crippen molar-refractivity contribution in [3.63, 3.8) is 0 Å². The Balaban J connectivity index is 1.77. The highest BCUT2D eigenvalue weighted by Crippen LogP contribution is 2.26. The second kappa shape index (κ2) is 6.82. The molecule has 3 rings (SSSR count). The predicted octanol–water partition coefficient (Wildman–Crippen LogP) is 3.83. The lowest BCUT2D eigenvalue weighted by molar-refractivity contribution is -0.122. The van der Waals surface area contributed by atoms with Crippen molar-refractivity contribution in [3.8, 4) is 0 Å². The number of amides is 1. The molecule has 1 N–H and O–H groups in total. The van der Waals surface area contributed by atoms with E-state index in [-0.39, 0.29) is 11.9 Å². The van der Waals surface area contributed by atoms with E-state index in [0.29, 0.717) is 12.5 Å². The number of benzene rings is 1. The number of carbonyl (C=O) groups excluding carboxylic acids is 1. The third-order valence-electron chi connectivity index (χ3n) is 4.63. The van der Waals surface area contributed by atoms with Gasteiger partial charge >= 0.3 is 0 Å². The number of hydrogen-bond acceptors (Lipinski definition) is 1. The molecule has 2 aromatic rings. The second-order valence-corrected chi connectivity index (χ2v) is 6.26. The molecular formula is C19H24N2O. The first-order valence-electron chi connectivity index (χ1n) is 8.21. The fourth-order valence-corrected chi connectivity index (χ4v) is 3.42. The minimum atomic E-state index is 0.0672. The van der Waals surface area contributed by atoms with Crippen molar-refractivity contribution in [1.82, 2.24) is 9.88 Å². The lowest BCUT2D eigenvalue weighted by atomic mass is 9.98. The summed E-state index contributed by atoms with van der Waals surface area (Å²) in [5.74, 6) is 0.161. The molecule has 0 radical (unpaired) electrons. The molecule has 1 heterocycles. The molecule has 1 aromatic carbocycles. The number of aromatic nitrogens is 1. The van der Waals surface area contributed by atoms with E-state index in [1.165, 1.54) is 24.0 Å². The smallest absolute Gasteiger partial charge is 0.222 e. The summed E-state index contributed by atoms with van der Waals surface area (Å²) >= 11 is 0. The highest BCUT2D eigenvalue weighted by Gasteiger charge is 2.22. The van der Waals surface area contributed by atoms with Crippen molar-refractivity contribution >= 4 is 5.91 Å². The highest BCUT2D eigenvalue weighted by atomic mass is 16.1. The first kappa shape index (κ1) is 14.9. The number of rotatable bonds is 5. The van der Waals surface area contributed by atoms with E-state index in [4.69, 9.17) is 0 Å². The molecule has 116 valence electrons. The van der Waals surface area contributed by atoms with Crippen LogP contribution in [-0.4, -0.2) is 16.5 Å². The molecule has 1 amide bonds. The fourth-order valence-electron chi connectivity index (χ4n) is 3.42. The van der Waals surface area contributed by atoms with Crippen LogP contribution < -0.4 is 5.32 Å². The van der Waals surface area contributed by atoms with E-state index in [1.807, 2.05) is 36.7 Å². The van der Waals surface area contributed by atoms with Crippen molar-refractivity contribution in [2.75, 3.05) is 0 Å². The Labute approximate surface area is 132 Å². The van der Waals surface area contributed by atoms with Crippen LogP contribution in [0, 0.1) is 6.92 Å². The minimum Gasteiger partial charge on any atom is -0.353 e. The van der Waals surface area contributed by atoms with E-state index in [2.05, 4.69) is 28.9 Å². The van der Waals surface area contributed by atoms with Crippen LogP contribution in [-0.2, 0) is 4.79 Å². The summed E-state index contributed by atoms with van der Waals surface area (Å²) in [7, 11) is 0. The number of aryl methyl sites for hydroxylation is 1. The van der Waals surface area contributed by atoms with Crippen molar-refractivity contribution in [2.45, 2.75) is 51.1 Å². The van der Waals surface area contributed by atoms with Crippen molar-refractivity contribution in [1.29, 1.82) is 0 Å². The number of nitrogens with zero attached hydrogens (tertiary/aromatic N) is 1. The molecule has 1 aliphatic rings. The average Bonchev–Trinajstić information content (AvgIpc) is 3.19. The summed E-state index contributed by atoms with van der Waals surface area (Å²) in [5, 5.41) is 3.21. The zero-order valence-electron chi connectivity index (χ0n) is 13.2. The molecule has 3 heteroatoms. The summed E-state index contributed by atoms with van der Waals surface area (Å²) in [6, 6.07) is 12.8. The molecule has 0 spiro atoms. The zero-order chi connectivity index (χ0) is 15.4. The Kier molecular flexibility index (Phi) is 4.62. The van der Waals surface area contributed by atoms with Gasteiger partial charge in [0.2, 0.25) is 5.91 Å². The van der Waals surface area contributed by atoms with Gasteiger partial charge in [0.05, 0.1) is 12.5 Å². The first-order chi connectivity index (χ1) is 10.7. The van der Waals surface area contributed by atoms with Gasteiger partial charge in [0, 0.05) is 18.4 Å². The molecule has 0 bridgehead atoms. The predicted molar refractivity (Wildman–Crippen MR) is 88.8 cm³/mol. The van der Waals surface area contributed by atoms with Crippen LogP contribution in [0.1, 0.15) is 49.3 Å². The van der Waals surface area contributed by atoms with Crippen LogP contribution >= 0.6 is 0 Å². The van der Waals surface area contributed by atoms with Crippen LogP contribution in [0.5, 0.6) is 0 Å². The van der Waals surface area contributed by atoms with Crippen LogP contribution in [0.2, 0.25) is 0 Å². The van der Waals surface area contributed by atoms with Crippen LogP contribution in [0.15, 0.2) is 48.8 Å². The Morgan fingerprint density at radius 2 is 1.86 bits per heavy atom. The van der Waals surface area contributed by atoms with Gasteiger partial charge in [-0.25, -0.2) is 0 Å². The molecule has 1 saturated carbocycles. The molecule has 1 fully saturated rings. The van der Waals surface area contributed by atoms with Gasteiger partial charge in [-0.1, -0.05) is 37.1 Å². The van der Waals surface area contributed by atoms with Crippen LogP contribution in [0.4, 0.5) is 0 Å². The van der Waals surface area contributed by atoms with Gasteiger partial charge in [-0.15, -0.1) is 0 Å². The Morgan fingerprint density at radius 3 is 2.55 bits per heavy atom. The molecule has 1 atom stereocenters. The largest absolute Gasteiger partial charge is 0.353 e. The van der Waals surface area contributed by atoms with Gasteiger partial charge in [0.1, 0.15) is 0 Å². The lowest BCUT2D eigenvalue weighted by Gasteiger charge is -2.22. The summed E-state index contributed by atoms with van der Waals surface area (Å²) in [6.07, 6.45) is 9.32. The number of carbonyl (C=O) groups is 1. The van der Waals surface area contributed by atoms with Crippen molar-refractivity contribution < 1.29 is 4.79 Å². The normalized spacial score (nSPS) is 16.6. The maximum atomic E-state index is 12.5. The van der Waals surface area contributed by atoms with E-state index < -0.39 is 0 Å². The summed E-state index contributed by atoms with van der Waals surface area (Å²) < 4.78 is 2.14. The third kappa shape index (κ3) is 3.41. The van der Waals surface area contributed by atoms with Gasteiger partial charge in [-0.05, 0) is 43.0 Å². The molecule has 1 aliphatic carbocycles. The van der Waals surface area contributed by atoms with E-state index in [0.717, 1.165) is 12.8 Å². The van der Waals surface area contributed by atoms with Crippen molar-refractivity contribution in [2.24, 2.45) is 0 Å². The monoisotopic (exact) mass is 296 g/mol. The molecule has 0 saturated heterocycles. The van der Waals surface area contributed by atoms with Crippen LogP contribution in [0.25, 0.3) is 0 Å². The quantitative estimate of drug-likeness (QED) is 0.894. The van der Waals surface area contributed by atoms with Gasteiger partial charge in [0.15, 0.2) is 0 Å². The minimum absolute atomic E-state index is 0.0672. The van der Waals surface area contributed by atoms with Gasteiger partial charge in [0.25, 0.3) is 0 Å². The molecule has 22 heavy (non-hydrogen) atoms. The maximum Gasteiger partial charge on any atom is 0.222 e. The van der Waals surface area contributed by atoms with Crippen LogP contribution in [0.3, 0.4) is 0 Å². The van der Waals surface area contributed by atoms with Crippen molar-refractivity contribution in [3.05, 3.63) is 59.9 Å². The Morgan fingerprint density at radius 1 is 1.18 bits per heavy atom. The number of nitrogens with one attached hydrogen (secondary N) is 1. The summed E-state index contributed by atoms with van der Waals surface area (Å²) in [6.45, 7) is 2.11. The summed E-state index contributed by atoms with van der Waals surface area (Å²) in [5.41, 5.74) is 2.45. The van der Waals surface area contributed by atoms with Gasteiger partial charge in [-0.2, -0.15) is 0 Å². The molecule has 1 unspecified atom stereocenters.